The van der Waals surface area contributed by atoms with Gasteiger partial charge in [0.05, 0.1) is 11.6 Å². The quantitative estimate of drug-likeness (QED) is 0.688. The molecule has 2 nitrogen and oxygen atoms in total. The maximum atomic E-state index is 13.5. The summed E-state index contributed by atoms with van der Waals surface area (Å²) in [4.78, 5) is 4.14. The van der Waals surface area contributed by atoms with Gasteiger partial charge in [-0.3, -0.25) is 4.99 Å². The molecule has 0 aliphatic carbocycles. The molecule has 0 aromatic heterocycles. The topological polar surface area (TPSA) is 21.6 Å². The van der Waals surface area contributed by atoms with Crippen LogP contribution < -0.4 is 4.74 Å². The van der Waals surface area contributed by atoms with Crippen molar-refractivity contribution in [3.05, 3.63) is 29.3 Å². The Balaban J connectivity index is 2.61. The molecule has 16 heavy (non-hydrogen) atoms. The lowest BCUT2D eigenvalue weighted by molar-refractivity contribution is 0.189. The number of fused-ring (bicyclic) bond motifs is 1. The highest BCUT2D eigenvalue weighted by atomic mass is 35.5. The fourth-order valence-corrected chi connectivity index (χ4v) is 1.75. The van der Waals surface area contributed by atoms with Crippen molar-refractivity contribution < 1.29 is 13.5 Å². The molecule has 0 saturated heterocycles. The lowest BCUT2D eigenvalue weighted by Gasteiger charge is -2.16. The Morgan fingerprint density at radius 2 is 2.00 bits per heavy atom. The first kappa shape index (κ1) is 11.3. The molecule has 1 aliphatic heterocycles. The maximum absolute atomic E-state index is 13.5. The summed E-state index contributed by atoms with van der Waals surface area (Å²) in [6.45, 7) is 3.53. The van der Waals surface area contributed by atoms with Crippen molar-refractivity contribution in [2.45, 2.75) is 26.0 Å². The van der Waals surface area contributed by atoms with Crippen LogP contribution in [0.25, 0.3) is 0 Å². The Labute approximate surface area is 96.9 Å². The van der Waals surface area contributed by atoms with Gasteiger partial charge in [-0.2, -0.15) is 4.39 Å². The van der Waals surface area contributed by atoms with E-state index in [2.05, 4.69) is 4.99 Å². The lowest BCUT2D eigenvalue weighted by atomic mass is 10.2. The van der Waals surface area contributed by atoms with Crippen LogP contribution in [0, 0.1) is 11.6 Å². The number of halogens is 3. The summed E-state index contributed by atoms with van der Waals surface area (Å²) < 4.78 is 31.9. The average molecular weight is 246 g/mol. The molecule has 0 fully saturated rings. The Hall–Kier alpha value is -1.16. The van der Waals surface area contributed by atoms with Crippen LogP contribution in [0.15, 0.2) is 17.1 Å². The van der Waals surface area contributed by atoms with Crippen molar-refractivity contribution in [2.24, 2.45) is 4.99 Å². The van der Waals surface area contributed by atoms with Gasteiger partial charge >= 0.3 is 0 Å². The monoisotopic (exact) mass is 245 g/mol. The molecule has 86 valence electrons. The van der Waals surface area contributed by atoms with Gasteiger partial charge in [-0.1, -0.05) is 11.6 Å². The first-order valence-corrected chi connectivity index (χ1v) is 5.27. The van der Waals surface area contributed by atoms with Crippen LogP contribution in [-0.4, -0.2) is 17.3 Å². The van der Waals surface area contributed by atoms with Gasteiger partial charge in [-0.25, -0.2) is 4.39 Å². The third-order valence-corrected chi connectivity index (χ3v) is 2.87. The number of hydrogen-bond donors (Lipinski definition) is 0. The van der Waals surface area contributed by atoms with Crippen LogP contribution in [-0.2, 0) is 0 Å². The Kier molecular flexibility index (Phi) is 2.84. The first-order valence-electron chi connectivity index (χ1n) is 4.89. The highest BCUT2D eigenvalue weighted by Crippen LogP contribution is 2.31. The van der Waals surface area contributed by atoms with Crippen LogP contribution >= 0.6 is 11.6 Å². The van der Waals surface area contributed by atoms with Gasteiger partial charge in [0, 0.05) is 0 Å². The van der Waals surface area contributed by atoms with Gasteiger partial charge in [0.2, 0.25) is 5.82 Å². The van der Waals surface area contributed by atoms with Crippen LogP contribution in [0.1, 0.15) is 19.4 Å². The molecule has 1 heterocycles. The summed E-state index contributed by atoms with van der Waals surface area (Å²) in [6, 6.07) is 2.17. The zero-order chi connectivity index (χ0) is 11.9. The lowest BCUT2D eigenvalue weighted by Crippen LogP contribution is -2.23. The highest BCUT2D eigenvalue weighted by molar-refractivity contribution is 6.70. The predicted molar refractivity (Wildman–Crippen MR) is 58.3 cm³/mol. The van der Waals surface area contributed by atoms with Crippen molar-refractivity contribution in [3.63, 3.8) is 0 Å². The van der Waals surface area contributed by atoms with E-state index in [1.807, 2.05) is 0 Å². The first-order chi connectivity index (χ1) is 7.50. The van der Waals surface area contributed by atoms with E-state index in [4.69, 9.17) is 16.3 Å². The van der Waals surface area contributed by atoms with Crippen molar-refractivity contribution >= 4 is 16.8 Å². The molecule has 5 heteroatoms. The highest BCUT2D eigenvalue weighted by Gasteiger charge is 2.25. The molecule has 0 bridgehead atoms. The molecule has 0 N–H and O–H groups in total. The normalized spacial score (nSPS) is 24.2. The predicted octanol–water partition coefficient (Wildman–Crippen LogP) is 3.12. The molecule has 1 aromatic carbocycles. The second kappa shape index (κ2) is 4.01. The number of ether oxygens (including phenoxy) is 1. The Morgan fingerprint density at radius 1 is 1.31 bits per heavy atom. The SMILES string of the molecule is C[C@@H]1N=C(Cl)c2ccc(F)c(F)c2O[C@H]1C. The van der Waals surface area contributed by atoms with Crippen LogP contribution in [0.3, 0.4) is 0 Å². The van der Waals surface area contributed by atoms with E-state index in [-0.39, 0.29) is 28.6 Å². The van der Waals surface area contributed by atoms with E-state index in [9.17, 15) is 8.78 Å². The van der Waals surface area contributed by atoms with Crippen molar-refractivity contribution in [1.82, 2.24) is 0 Å². The van der Waals surface area contributed by atoms with Crippen molar-refractivity contribution in [3.8, 4) is 5.75 Å². The van der Waals surface area contributed by atoms with Crippen molar-refractivity contribution in [1.29, 1.82) is 0 Å². The van der Waals surface area contributed by atoms with E-state index < -0.39 is 11.6 Å². The molecule has 1 aliphatic rings. The van der Waals surface area contributed by atoms with Gasteiger partial charge < -0.3 is 4.74 Å². The molecule has 0 amide bonds. The number of nitrogens with zero attached hydrogens (tertiary/aromatic N) is 1. The molecule has 0 spiro atoms. The molecule has 1 aromatic rings. The van der Waals surface area contributed by atoms with E-state index in [1.165, 1.54) is 6.07 Å². The standard InChI is InChI=1S/C11H10ClF2NO/c1-5-6(2)16-10-7(11(12)15-5)3-4-8(13)9(10)14/h3-6H,1-2H3/t5-,6-/m0/s1. The minimum atomic E-state index is -1.02. The maximum Gasteiger partial charge on any atom is 0.201 e. The zero-order valence-electron chi connectivity index (χ0n) is 8.80. The second-order valence-corrected chi connectivity index (χ2v) is 4.08. The summed E-state index contributed by atoms with van der Waals surface area (Å²) in [5.41, 5.74) is 0.289. The van der Waals surface area contributed by atoms with Gasteiger partial charge in [0.1, 0.15) is 11.3 Å². The average Bonchev–Trinajstić information content (AvgIpc) is 2.33. The van der Waals surface area contributed by atoms with Crippen molar-refractivity contribution in [2.75, 3.05) is 0 Å². The summed E-state index contributed by atoms with van der Waals surface area (Å²) in [7, 11) is 0. The smallest absolute Gasteiger partial charge is 0.201 e. The van der Waals surface area contributed by atoms with E-state index in [0.717, 1.165) is 6.07 Å². The zero-order valence-corrected chi connectivity index (χ0v) is 9.55. The number of benzene rings is 1. The van der Waals surface area contributed by atoms with E-state index >= 15 is 0 Å². The van der Waals surface area contributed by atoms with Gasteiger partial charge in [-0.05, 0) is 26.0 Å². The molecule has 0 saturated carbocycles. The Morgan fingerprint density at radius 3 is 2.69 bits per heavy atom. The fourth-order valence-electron chi connectivity index (χ4n) is 1.45. The fraction of sp³-hybridized carbons (Fsp3) is 0.364. The summed E-state index contributed by atoms with van der Waals surface area (Å²) >= 11 is 5.92. The molecule has 2 rings (SSSR count). The molecular weight excluding hydrogens is 236 g/mol. The molecular formula is C11H10ClF2NO. The number of hydrogen-bond acceptors (Lipinski definition) is 2. The van der Waals surface area contributed by atoms with E-state index in [0.29, 0.717) is 0 Å². The summed E-state index contributed by atoms with van der Waals surface area (Å²) in [5.74, 6) is -2.14. The summed E-state index contributed by atoms with van der Waals surface area (Å²) in [6.07, 6.45) is -0.355. The minimum Gasteiger partial charge on any atom is -0.485 e. The molecule has 0 unspecified atom stereocenters. The van der Waals surface area contributed by atoms with Crippen LogP contribution in [0.2, 0.25) is 0 Å². The number of aliphatic imine (C=N–C) groups is 1. The van der Waals surface area contributed by atoms with Crippen LogP contribution in [0.5, 0.6) is 5.75 Å². The Bertz CT molecular complexity index is 462. The molecule has 0 radical (unpaired) electrons. The number of rotatable bonds is 0. The van der Waals surface area contributed by atoms with Gasteiger partial charge in [0.15, 0.2) is 11.6 Å². The largest absolute Gasteiger partial charge is 0.485 e. The van der Waals surface area contributed by atoms with E-state index in [1.54, 1.807) is 13.8 Å². The third-order valence-electron chi connectivity index (χ3n) is 2.57. The van der Waals surface area contributed by atoms with Crippen LogP contribution in [0.4, 0.5) is 8.78 Å². The van der Waals surface area contributed by atoms with Gasteiger partial charge in [-0.15, -0.1) is 0 Å². The second-order valence-electron chi connectivity index (χ2n) is 3.72. The van der Waals surface area contributed by atoms with Gasteiger partial charge in [0.25, 0.3) is 0 Å². The summed E-state index contributed by atoms with van der Waals surface area (Å²) in [5, 5.41) is 0.144. The molecule has 2 atom stereocenters. The third kappa shape index (κ3) is 1.78. The minimum absolute atomic E-state index is 0.144.